The minimum atomic E-state index is -0.532. The van der Waals surface area contributed by atoms with Crippen LogP contribution in [0.3, 0.4) is 0 Å². The number of carbonyl (C=O) groups excluding carboxylic acids is 2. The monoisotopic (exact) mass is 256 g/mol. The van der Waals surface area contributed by atoms with E-state index in [0.29, 0.717) is 6.54 Å². The molecular formula is C13H24N2O3. The molecule has 0 bridgehead atoms. The van der Waals surface area contributed by atoms with E-state index in [4.69, 9.17) is 5.11 Å². The molecule has 0 aromatic rings. The number of rotatable bonds is 4. The predicted molar refractivity (Wildman–Crippen MR) is 69.0 cm³/mol. The van der Waals surface area contributed by atoms with E-state index in [2.05, 4.69) is 5.32 Å². The van der Waals surface area contributed by atoms with Gasteiger partial charge in [-0.3, -0.25) is 9.59 Å². The number of likely N-dealkylation sites (N-methyl/N-ethyl adjacent to an activating group) is 1. The Kier molecular flexibility index (Phi) is 6.72. The molecule has 1 rings (SSSR count). The molecule has 18 heavy (non-hydrogen) atoms. The summed E-state index contributed by atoms with van der Waals surface area (Å²) in [7, 11) is 0. The van der Waals surface area contributed by atoms with E-state index in [1.807, 2.05) is 0 Å². The lowest BCUT2D eigenvalue weighted by Crippen LogP contribution is -2.47. The maximum Gasteiger partial charge on any atom is 0.311 e. The highest BCUT2D eigenvalue weighted by atomic mass is 16.3. The fourth-order valence-electron chi connectivity index (χ4n) is 2.34. The lowest BCUT2D eigenvalue weighted by molar-refractivity contribution is -0.146. The van der Waals surface area contributed by atoms with Gasteiger partial charge in [-0.1, -0.05) is 25.7 Å². The summed E-state index contributed by atoms with van der Waals surface area (Å²) in [6.45, 7) is 2.34. The average molecular weight is 256 g/mol. The summed E-state index contributed by atoms with van der Waals surface area (Å²) in [4.78, 5) is 25.0. The number of hydrogen-bond acceptors (Lipinski definition) is 3. The topological polar surface area (TPSA) is 69.6 Å². The number of nitrogens with zero attached hydrogens (tertiary/aromatic N) is 1. The van der Waals surface area contributed by atoms with Gasteiger partial charge in [-0.25, -0.2) is 0 Å². The lowest BCUT2D eigenvalue weighted by Gasteiger charge is -2.21. The molecule has 0 heterocycles. The summed E-state index contributed by atoms with van der Waals surface area (Å²) in [6, 6.07) is 0.136. The van der Waals surface area contributed by atoms with Crippen molar-refractivity contribution >= 4 is 11.8 Å². The van der Waals surface area contributed by atoms with Crippen molar-refractivity contribution in [2.24, 2.45) is 0 Å². The molecular weight excluding hydrogens is 232 g/mol. The van der Waals surface area contributed by atoms with E-state index in [1.54, 1.807) is 6.92 Å². The van der Waals surface area contributed by atoms with Gasteiger partial charge in [-0.15, -0.1) is 0 Å². The van der Waals surface area contributed by atoms with Gasteiger partial charge < -0.3 is 15.3 Å². The molecule has 0 aromatic heterocycles. The number of carbonyl (C=O) groups is 2. The second-order valence-corrected chi connectivity index (χ2v) is 4.77. The fourth-order valence-corrected chi connectivity index (χ4v) is 2.34. The van der Waals surface area contributed by atoms with Crippen LogP contribution < -0.4 is 5.32 Å². The van der Waals surface area contributed by atoms with E-state index in [9.17, 15) is 9.59 Å². The molecule has 2 N–H and O–H groups in total. The highest BCUT2D eigenvalue weighted by Gasteiger charge is 2.23. The van der Waals surface area contributed by atoms with E-state index < -0.39 is 11.8 Å². The van der Waals surface area contributed by atoms with Crippen LogP contribution in [-0.2, 0) is 9.59 Å². The molecule has 5 heteroatoms. The summed E-state index contributed by atoms with van der Waals surface area (Å²) in [5.41, 5.74) is 0. The third-order valence-electron chi connectivity index (χ3n) is 3.42. The van der Waals surface area contributed by atoms with E-state index in [0.717, 1.165) is 25.7 Å². The molecule has 1 saturated carbocycles. The van der Waals surface area contributed by atoms with Gasteiger partial charge in [-0.05, 0) is 19.8 Å². The normalized spacial score (nSPS) is 17.0. The Hall–Kier alpha value is -1.10. The molecule has 0 atom stereocenters. The first-order valence-electron chi connectivity index (χ1n) is 6.89. The van der Waals surface area contributed by atoms with Crippen molar-refractivity contribution in [1.82, 2.24) is 10.2 Å². The van der Waals surface area contributed by atoms with Gasteiger partial charge in [0.25, 0.3) is 0 Å². The minimum absolute atomic E-state index is 0.115. The summed E-state index contributed by atoms with van der Waals surface area (Å²) < 4.78 is 0. The lowest BCUT2D eigenvalue weighted by atomic mass is 10.1. The molecule has 0 aromatic carbocycles. The van der Waals surface area contributed by atoms with Crippen LogP contribution in [0.2, 0.25) is 0 Å². The Labute approximate surface area is 109 Å². The Morgan fingerprint density at radius 2 is 1.83 bits per heavy atom. The zero-order chi connectivity index (χ0) is 13.4. The molecule has 1 fully saturated rings. The Morgan fingerprint density at radius 3 is 2.33 bits per heavy atom. The standard InChI is InChI=1S/C13H24N2O3/c1-2-15(9-10-16)13(18)12(17)14-11-7-5-3-4-6-8-11/h11,16H,2-10H2,1H3,(H,14,17). The van der Waals surface area contributed by atoms with Gasteiger partial charge in [0, 0.05) is 19.1 Å². The average Bonchev–Trinajstić information content (AvgIpc) is 2.63. The molecule has 0 radical (unpaired) electrons. The van der Waals surface area contributed by atoms with Gasteiger partial charge >= 0.3 is 11.8 Å². The molecule has 1 aliphatic rings. The van der Waals surface area contributed by atoms with Crippen molar-refractivity contribution in [1.29, 1.82) is 0 Å². The largest absolute Gasteiger partial charge is 0.395 e. The van der Waals surface area contributed by atoms with Crippen molar-refractivity contribution in [3.63, 3.8) is 0 Å². The molecule has 0 saturated heterocycles. The van der Waals surface area contributed by atoms with Crippen molar-refractivity contribution < 1.29 is 14.7 Å². The van der Waals surface area contributed by atoms with Crippen molar-refractivity contribution in [2.75, 3.05) is 19.7 Å². The second-order valence-electron chi connectivity index (χ2n) is 4.77. The Bertz CT molecular complexity index is 273. The van der Waals surface area contributed by atoms with Crippen LogP contribution in [0.1, 0.15) is 45.4 Å². The van der Waals surface area contributed by atoms with Crippen LogP contribution in [0.5, 0.6) is 0 Å². The minimum Gasteiger partial charge on any atom is -0.395 e. The number of aliphatic hydroxyl groups is 1. The van der Waals surface area contributed by atoms with E-state index >= 15 is 0 Å². The number of hydrogen-bond donors (Lipinski definition) is 2. The van der Waals surface area contributed by atoms with Gasteiger partial charge in [0.15, 0.2) is 0 Å². The molecule has 1 aliphatic carbocycles. The van der Waals surface area contributed by atoms with Gasteiger partial charge in [0.2, 0.25) is 0 Å². The first kappa shape index (κ1) is 15.0. The second kappa shape index (κ2) is 8.08. The molecule has 2 amide bonds. The van der Waals surface area contributed by atoms with Crippen LogP contribution >= 0.6 is 0 Å². The quantitative estimate of drug-likeness (QED) is 0.573. The van der Waals surface area contributed by atoms with Crippen LogP contribution in [0, 0.1) is 0 Å². The number of amides is 2. The van der Waals surface area contributed by atoms with Gasteiger partial charge in [0.1, 0.15) is 0 Å². The van der Waals surface area contributed by atoms with Crippen LogP contribution in [0.25, 0.3) is 0 Å². The molecule has 5 nitrogen and oxygen atoms in total. The Balaban J connectivity index is 2.44. The van der Waals surface area contributed by atoms with Crippen molar-refractivity contribution in [3.8, 4) is 0 Å². The first-order chi connectivity index (χ1) is 8.69. The third kappa shape index (κ3) is 4.64. The fraction of sp³-hybridized carbons (Fsp3) is 0.846. The van der Waals surface area contributed by atoms with Crippen molar-refractivity contribution in [3.05, 3.63) is 0 Å². The number of nitrogens with one attached hydrogen (secondary N) is 1. The van der Waals surface area contributed by atoms with Crippen LogP contribution in [-0.4, -0.2) is 47.6 Å². The highest BCUT2D eigenvalue weighted by Crippen LogP contribution is 2.17. The SMILES string of the molecule is CCN(CCO)C(=O)C(=O)NC1CCCCCC1. The van der Waals surface area contributed by atoms with Gasteiger partial charge in [-0.2, -0.15) is 0 Å². The zero-order valence-corrected chi connectivity index (χ0v) is 11.2. The summed E-state index contributed by atoms with van der Waals surface area (Å²) in [5.74, 6) is -1.06. The predicted octanol–water partition coefficient (Wildman–Crippen LogP) is 0.666. The van der Waals surface area contributed by atoms with Crippen molar-refractivity contribution in [2.45, 2.75) is 51.5 Å². The molecule has 0 spiro atoms. The summed E-state index contributed by atoms with van der Waals surface area (Å²) in [6.07, 6.45) is 6.59. The smallest absolute Gasteiger partial charge is 0.311 e. The van der Waals surface area contributed by atoms with Gasteiger partial charge in [0.05, 0.1) is 6.61 Å². The van der Waals surface area contributed by atoms with E-state index in [1.165, 1.54) is 17.7 Å². The first-order valence-corrected chi connectivity index (χ1v) is 6.89. The molecule has 0 aliphatic heterocycles. The van der Waals surface area contributed by atoms with E-state index in [-0.39, 0.29) is 19.2 Å². The van der Waals surface area contributed by atoms with Crippen LogP contribution in [0.15, 0.2) is 0 Å². The maximum absolute atomic E-state index is 11.8. The Morgan fingerprint density at radius 1 is 1.22 bits per heavy atom. The zero-order valence-electron chi connectivity index (χ0n) is 11.2. The van der Waals surface area contributed by atoms with Crippen LogP contribution in [0.4, 0.5) is 0 Å². The highest BCUT2D eigenvalue weighted by molar-refractivity contribution is 6.35. The number of aliphatic hydroxyl groups excluding tert-OH is 1. The maximum atomic E-state index is 11.8. The summed E-state index contributed by atoms with van der Waals surface area (Å²) in [5, 5.41) is 11.7. The summed E-state index contributed by atoms with van der Waals surface area (Å²) >= 11 is 0. The molecule has 104 valence electrons. The molecule has 0 unspecified atom stereocenters. The third-order valence-corrected chi connectivity index (χ3v) is 3.42.